The third-order valence-electron chi connectivity index (χ3n) is 5.20. The lowest BCUT2D eigenvalue weighted by Crippen LogP contribution is -2.58. The van der Waals surface area contributed by atoms with E-state index in [-0.39, 0.29) is 11.6 Å². The zero-order valence-electron chi connectivity index (χ0n) is 9.75. The minimum absolute atomic E-state index is 0.0880. The predicted molar refractivity (Wildman–Crippen MR) is 65.3 cm³/mol. The Morgan fingerprint density at radius 2 is 1.69 bits per heavy atom. The van der Waals surface area contributed by atoms with Crippen LogP contribution in [0.4, 0.5) is 0 Å². The number of esters is 1. The molecule has 0 aliphatic heterocycles. The zero-order chi connectivity index (χ0) is 11.3. The SMILES string of the molecule is CC1(OC(=O)CBr)C2CC3CC(C2)CC1C3. The predicted octanol–water partition coefficient (Wildman–Crippen LogP) is 3.14. The fourth-order valence-corrected chi connectivity index (χ4v) is 4.67. The van der Waals surface area contributed by atoms with E-state index in [1.165, 1.54) is 32.1 Å². The van der Waals surface area contributed by atoms with Crippen LogP contribution in [0.3, 0.4) is 0 Å². The highest BCUT2D eigenvalue weighted by Gasteiger charge is 2.56. The molecule has 4 fully saturated rings. The van der Waals surface area contributed by atoms with E-state index in [2.05, 4.69) is 22.9 Å². The van der Waals surface area contributed by atoms with Gasteiger partial charge >= 0.3 is 5.97 Å². The molecule has 2 nitrogen and oxygen atoms in total. The molecule has 0 heterocycles. The molecule has 0 atom stereocenters. The monoisotopic (exact) mass is 286 g/mol. The molecule has 4 bridgehead atoms. The molecule has 0 radical (unpaired) electrons. The van der Waals surface area contributed by atoms with E-state index in [1.807, 2.05) is 0 Å². The lowest BCUT2D eigenvalue weighted by atomic mass is 9.50. The van der Waals surface area contributed by atoms with E-state index in [0.29, 0.717) is 17.2 Å². The minimum atomic E-state index is -0.154. The number of hydrogen-bond acceptors (Lipinski definition) is 2. The third kappa shape index (κ3) is 1.54. The van der Waals surface area contributed by atoms with E-state index >= 15 is 0 Å². The first-order valence-corrected chi connectivity index (χ1v) is 7.51. The quantitative estimate of drug-likeness (QED) is 0.576. The van der Waals surface area contributed by atoms with Crippen molar-refractivity contribution in [3.63, 3.8) is 0 Å². The van der Waals surface area contributed by atoms with Gasteiger partial charge in [-0.05, 0) is 62.7 Å². The summed E-state index contributed by atoms with van der Waals surface area (Å²) in [4.78, 5) is 11.5. The minimum Gasteiger partial charge on any atom is -0.458 e. The van der Waals surface area contributed by atoms with E-state index in [9.17, 15) is 4.79 Å². The van der Waals surface area contributed by atoms with Gasteiger partial charge in [-0.3, -0.25) is 4.79 Å². The Morgan fingerprint density at radius 1 is 1.19 bits per heavy atom. The highest BCUT2D eigenvalue weighted by molar-refractivity contribution is 9.09. The number of carbonyl (C=O) groups is 1. The van der Waals surface area contributed by atoms with Gasteiger partial charge < -0.3 is 4.74 Å². The van der Waals surface area contributed by atoms with Crippen LogP contribution in [0.1, 0.15) is 39.0 Å². The van der Waals surface area contributed by atoms with Gasteiger partial charge in [0.05, 0.1) is 0 Å². The normalized spacial score (nSPS) is 49.4. The van der Waals surface area contributed by atoms with Gasteiger partial charge in [-0.15, -0.1) is 0 Å². The van der Waals surface area contributed by atoms with Crippen LogP contribution in [0, 0.1) is 23.7 Å². The lowest BCUT2D eigenvalue weighted by Gasteiger charge is -2.59. The van der Waals surface area contributed by atoms with Gasteiger partial charge in [0.25, 0.3) is 0 Å². The molecule has 90 valence electrons. The number of alkyl halides is 1. The summed E-state index contributed by atoms with van der Waals surface area (Å²) in [5, 5.41) is 0.328. The van der Waals surface area contributed by atoms with Crippen LogP contribution in [-0.2, 0) is 9.53 Å². The summed E-state index contributed by atoms with van der Waals surface area (Å²) in [6.45, 7) is 2.18. The molecule has 0 aromatic heterocycles. The van der Waals surface area contributed by atoms with Crippen LogP contribution >= 0.6 is 15.9 Å². The summed E-state index contributed by atoms with van der Waals surface area (Å²) in [6, 6.07) is 0. The van der Waals surface area contributed by atoms with Gasteiger partial charge in [0.15, 0.2) is 0 Å². The summed E-state index contributed by atoms with van der Waals surface area (Å²) in [6.07, 6.45) is 6.60. The van der Waals surface area contributed by atoms with Crippen molar-refractivity contribution in [2.24, 2.45) is 23.7 Å². The summed E-state index contributed by atoms with van der Waals surface area (Å²) < 4.78 is 5.78. The smallest absolute Gasteiger partial charge is 0.317 e. The molecular formula is C13H19BrO2. The van der Waals surface area contributed by atoms with Crippen LogP contribution in [-0.4, -0.2) is 16.9 Å². The topological polar surface area (TPSA) is 26.3 Å². The number of ether oxygens (including phenoxy) is 1. The van der Waals surface area contributed by atoms with Crippen LogP contribution in [0.15, 0.2) is 0 Å². The molecule has 4 aliphatic carbocycles. The summed E-state index contributed by atoms with van der Waals surface area (Å²) >= 11 is 3.19. The molecular weight excluding hydrogens is 268 g/mol. The number of carbonyl (C=O) groups excluding carboxylic acids is 1. The molecule has 0 amide bonds. The van der Waals surface area contributed by atoms with Crippen molar-refractivity contribution in [2.75, 3.05) is 5.33 Å². The van der Waals surface area contributed by atoms with Crippen molar-refractivity contribution in [1.29, 1.82) is 0 Å². The molecule has 0 saturated heterocycles. The fourth-order valence-electron chi connectivity index (χ4n) is 4.56. The first kappa shape index (κ1) is 11.1. The van der Waals surface area contributed by atoms with Crippen molar-refractivity contribution in [3.05, 3.63) is 0 Å². The largest absolute Gasteiger partial charge is 0.458 e. The Balaban J connectivity index is 1.82. The van der Waals surface area contributed by atoms with Gasteiger partial charge in [0.2, 0.25) is 0 Å². The first-order chi connectivity index (χ1) is 7.61. The van der Waals surface area contributed by atoms with E-state index in [0.717, 1.165) is 11.8 Å². The van der Waals surface area contributed by atoms with E-state index in [4.69, 9.17) is 4.74 Å². The second-order valence-corrected chi connectivity index (χ2v) is 6.66. The van der Waals surface area contributed by atoms with Crippen LogP contribution in [0.2, 0.25) is 0 Å². The number of hydrogen-bond donors (Lipinski definition) is 0. The molecule has 4 aliphatic rings. The zero-order valence-corrected chi connectivity index (χ0v) is 11.3. The Bertz CT molecular complexity index is 285. The molecule has 4 saturated carbocycles. The fraction of sp³-hybridized carbons (Fsp3) is 0.923. The molecule has 16 heavy (non-hydrogen) atoms. The molecule has 0 unspecified atom stereocenters. The van der Waals surface area contributed by atoms with Crippen LogP contribution in [0.25, 0.3) is 0 Å². The van der Waals surface area contributed by atoms with Gasteiger partial charge in [-0.2, -0.15) is 0 Å². The lowest BCUT2D eigenvalue weighted by molar-refractivity contribution is -0.200. The summed E-state index contributed by atoms with van der Waals surface area (Å²) in [7, 11) is 0. The number of rotatable bonds is 2. The maximum absolute atomic E-state index is 11.5. The van der Waals surface area contributed by atoms with Gasteiger partial charge in [0, 0.05) is 0 Å². The van der Waals surface area contributed by atoms with E-state index in [1.54, 1.807) is 0 Å². The second-order valence-electron chi connectivity index (χ2n) is 6.10. The maximum Gasteiger partial charge on any atom is 0.317 e. The Morgan fingerprint density at radius 3 is 2.12 bits per heavy atom. The Kier molecular flexibility index (Phi) is 2.58. The second kappa shape index (κ2) is 3.72. The molecule has 4 rings (SSSR count). The van der Waals surface area contributed by atoms with Crippen molar-refractivity contribution in [2.45, 2.75) is 44.6 Å². The molecule has 0 spiro atoms. The van der Waals surface area contributed by atoms with Crippen molar-refractivity contribution < 1.29 is 9.53 Å². The van der Waals surface area contributed by atoms with E-state index < -0.39 is 0 Å². The molecule has 0 aromatic rings. The Hall–Kier alpha value is -0.0500. The van der Waals surface area contributed by atoms with Crippen LogP contribution < -0.4 is 0 Å². The van der Waals surface area contributed by atoms with Gasteiger partial charge in [-0.25, -0.2) is 0 Å². The highest BCUT2D eigenvalue weighted by atomic mass is 79.9. The Labute approximate surface area is 105 Å². The van der Waals surface area contributed by atoms with Gasteiger partial charge in [-0.1, -0.05) is 15.9 Å². The number of halogens is 1. The third-order valence-corrected chi connectivity index (χ3v) is 5.66. The summed E-state index contributed by atoms with van der Waals surface area (Å²) in [5.41, 5.74) is -0.154. The molecule has 0 N–H and O–H groups in total. The van der Waals surface area contributed by atoms with Crippen molar-refractivity contribution in [3.8, 4) is 0 Å². The first-order valence-electron chi connectivity index (χ1n) is 6.39. The summed E-state index contributed by atoms with van der Waals surface area (Å²) in [5.74, 6) is 3.03. The average molecular weight is 287 g/mol. The average Bonchev–Trinajstić information content (AvgIpc) is 2.25. The standard InChI is InChI=1S/C13H19BrO2/c1-13(16-12(15)7-14)10-3-8-2-9(5-10)6-11(13)4-8/h8-11H,2-7H2,1H3. The van der Waals surface area contributed by atoms with Crippen molar-refractivity contribution >= 4 is 21.9 Å². The highest BCUT2D eigenvalue weighted by Crippen LogP contribution is 2.59. The van der Waals surface area contributed by atoms with Crippen molar-refractivity contribution in [1.82, 2.24) is 0 Å². The van der Waals surface area contributed by atoms with Crippen LogP contribution in [0.5, 0.6) is 0 Å². The maximum atomic E-state index is 11.5. The molecule has 3 heteroatoms. The molecule has 0 aromatic carbocycles. The van der Waals surface area contributed by atoms with Gasteiger partial charge in [0.1, 0.15) is 10.9 Å².